The Morgan fingerprint density at radius 3 is 2.85 bits per heavy atom. The second-order valence-corrected chi connectivity index (χ2v) is 6.38. The van der Waals surface area contributed by atoms with Gasteiger partial charge in [0.1, 0.15) is 11.6 Å². The van der Waals surface area contributed by atoms with Crippen LogP contribution in [0.15, 0.2) is 41.2 Å². The molecule has 1 aromatic carbocycles. The fourth-order valence-electron chi connectivity index (χ4n) is 2.96. The lowest BCUT2D eigenvalue weighted by Crippen LogP contribution is -2.28. The van der Waals surface area contributed by atoms with Gasteiger partial charge in [0.05, 0.1) is 17.1 Å². The fourth-order valence-corrected chi connectivity index (χ4v) is 2.96. The predicted molar refractivity (Wildman–Crippen MR) is 99.0 cm³/mol. The maximum Gasteiger partial charge on any atom is 0.254 e. The van der Waals surface area contributed by atoms with Crippen LogP contribution in [0.3, 0.4) is 0 Å². The molecular formula is C19H22N4O3. The van der Waals surface area contributed by atoms with Crippen LogP contribution in [0.2, 0.25) is 0 Å². The number of amides is 1. The summed E-state index contributed by atoms with van der Waals surface area (Å²) in [5, 5.41) is 12.3. The van der Waals surface area contributed by atoms with Crippen molar-refractivity contribution in [2.45, 2.75) is 39.3 Å². The van der Waals surface area contributed by atoms with E-state index < -0.39 is 0 Å². The zero-order valence-electron chi connectivity index (χ0n) is 14.8. The van der Waals surface area contributed by atoms with Crippen LogP contribution >= 0.6 is 0 Å². The van der Waals surface area contributed by atoms with E-state index in [9.17, 15) is 14.7 Å². The first-order chi connectivity index (χ1) is 12.4. The summed E-state index contributed by atoms with van der Waals surface area (Å²) in [5.41, 5.74) is 2.21. The minimum absolute atomic E-state index is 0.0406. The van der Waals surface area contributed by atoms with E-state index in [1.165, 1.54) is 12.1 Å². The van der Waals surface area contributed by atoms with E-state index in [0.29, 0.717) is 30.9 Å². The molecule has 3 rings (SSSR count). The van der Waals surface area contributed by atoms with Crippen molar-refractivity contribution in [2.24, 2.45) is 0 Å². The number of aryl methyl sites for hydroxylation is 1. The predicted octanol–water partition coefficient (Wildman–Crippen LogP) is 2.40. The second kappa shape index (κ2) is 7.43. The topological polar surface area (TPSA) is 100 Å². The number of rotatable bonds is 6. The van der Waals surface area contributed by atoms with E-state index >= 15 is 0 Å². The van der Waals surface area contributed by atoms with Crippen LogP contribution in [-0.2, 0) is 11.3 Å². The Kier molecular flexibility index (Phi) is 5.06. The lowest BCUT2D eigenvalue weighted by Gasteiger charge is -2.13. The monoisotopic (exact) mass is 354 g/mol. The molecule has 0 aliphatic carbocycles. The van der Waals surface area contributed by atoms with Gasteiger partial charge in [-0.15, -0.1) is 0 Å². The Bertz CT molecular complexity index is 957. The van der Waals surface area contributed by atoms with Crippen LogP contribution in [0, 0.1) is 6.92 Å². The summed E-state index contributed by atoms with van der Waals surface area (Å²) in [6, 6.07) is 10.2. The zero-order valence-corrected chi connectivity index (χ0v) is 14.8. The quantitative estimate of drug-likeness (QED) is 0.633. The van der Waals surface area contributed by atoms with Crippen molar-refractivity contribution in [2.75, 3.05) is 0 Å². The van der Waals surface area contributed by atoms with Crippen molar-refractivity contribution in [3.63, 3.8) is 0 Å². The van der Waals surface area contributed by atoms with Gasteiger partial charge in [0.2, 0.25) is 5.91 Å². The number of nitrogens with zero attached hydrogens (tertiary/aromatic N) is 2. The lowest BCUT2D eigenvalue weighted by atomic mass is 10.2. The molecule has 0 bridgehead atoms. The Morgan fingerprint density at radius 1 is 1.35 bits per heavy atom. The number of nitrogens with one attached hydrogen (secondary N) is 2. The van der Waals surface area contributed by atoms with Gasteiger partial charge < -0.3 is 20.0 Å². The van der Waals surface area contributed by atoms with Gasteiger partial charge in [0.15, 0.2) is 0 Å². The average molecular weight is 354 g/mol. The highest BCUT2D eigenvalue weighted by atomic mass is 16.3. The third kappa shape index (κ3) is 3.93. The molecule has 7 heteroatoms. The average Bonchev–Trinajstić information content (AvgIpc) is 3.01. The molecule has 2 aromatic heterocycles. The molecule has 0 radical (unpaired) electrons. The minimum atomic E-state index is -0.265. The van der Waals surface area contributed by atoms with Crippen molar-refractivity contribution < 1.29 is 9.90 Å². The maximum absolute atomic E-state index is 12.2. The molecule has 26 heavy (non-hydrogen) atoms. The van der Waals surface area contributed by atoms with Gasteiger partial charge in [-0.3, -0.25) is 9.59 Å². The summed E-state index contributed by atoms with van der Waals surface area (Å²) in [6.07, 6.45) is 0.835. The molecule has 0 fully saturated rings. The van der Waals surface area contributed by atoms with Gasteiger partial charge in [-0.1, -0.05) is 12.1 Å². The SMILES string of the molecule is Cc1cc(O)cc(=O)n1CCCC(=O)NC(C)c1nc2ccccc2[nH]1. The zero-order chi connectivity index (χ0) is 18.7. The van der Waals surface area contributed by atoms with Crippen molar-refractivity contribution in [3.05, 3.63) is 58.3 Å². The van der Waals surface area contributed by atoms with Crippen LogP contribution in [-0.4, -0.2) is 25.5 Å². The summed E-state index contributed by atoms with van der Waals surface area (Å²) >= 11 is 0. The summed E-state index contributed by atoms with van der Waals surface area (Å²) in [5.74, 6) is 0.578. The molecule has 0 spiro atoms. The van der Waals surface area contributed by atoms with Crippen LogP contribution in [0.25, 0.3) is 11.0 Å². The summed E-state index contributed by atoms with van der Waals surface area (Å²) in [7, 11) is 0. The third-order valence-corrected chi connectivity index (χ3v) is 4.30. The standard InChI is InChI=1S/C19H22N4O3/c1-12-10-14(24)11-18(26)23(12)9-5-8-17(25)20-13(2)19-21-15-6-3-4-7-16(15)22-19/h3-4,6-7,10-11,13,24H,5,8-9H2,1-2H3,(H,20,25)(H,21,22). The van der Waals surface area contributed by atoms with Crippen molar-refractivity contribution in [1.29, 1.82) is 0 Å². The Hall–Kier alpha value is -3.09. The van der Waals surface area contributed by atoms with Crippen molar-refractivity contribution in [1.82, 2.24) is 19.9 Å². The smallest absolute Gasteiger partial charge is 0.254 e. The van der Waals surface area contributed by atoms with Gasteiger partial charge >= 0.3 is 0 Å². The van der Waals surface area contributed by atoms with Crippen LogP contribution in [0.4, 0.5) is 0 Å². The number of carbonyl (C=O) groups excluding carboxylic acids is 1. The van der Waals surface area contributed by atoms with Gasteiger partial charge in [0.25, 0.3) is 5.56 Å². The molecule has 136 valence electrons. The molecular weight excluding hydrogens is 332 g/mol. The number of carbonyl (C=O) groups is 1. The van der Waals surface area contributed by atoms with E-state index in [1.54, 1.807) is 11.5 Å². The highest BCUT2D eigenvalue weighted by Crippen LogP contribution is 2.15. The summed E-state index contributed by atoms with van der Waals surface area (Å²) < 4.78 is 1.55. The number of aromatic hydroxyl groups is 1. The van der Waals surface area contributed by atoms with Crippen molar-refractivity contribution >= 4 is 16.9 Å². The maximum atomic E-state index is 12.2. The number of hydrogen-bond donors (Lipinski definition) is 3. The molecule has 1 amide bonds. The van der Waals surface area contributed by atoms with Crippen LogP contribution in [0.5, 0.6) is 5.75 Å². The molecule has 7 nitrogen and oxygen atoms in total. The van der Waals surface area contributed by atoms with Gasteiger partial charge in [-0.25, -0.2) is 4.98 Å². The highest BCUT2D eigenvalue weighted by Gasteiger charge is 2.13. The Balaban J connectivity index is 1.55. The number of hydrogen-bond acceptors (Lipinski definition) is 4. The molecule has 0 aliphatic heterocycles. The Morgan fingerprint density at radius 2 is 2.12 bits per heavy atom. The van der Waals surface area contributed by atoms with E-state index in [-0.39, 0.29) is 23.3 Å². The Labute approximate surface area is 150 Å². The van der Waals surface area contributed by atoms with E-state index in [4.69, 9.17) is 0 Å². The lowest BCUT2D eigenvalue weighted by molar-refractivity contribution is -0.121. The molecule has 0 saturated carbocycles. The van der Waals surface area contributed by atoms with E-state index in [0.717, 1.165) is 11.0 Å². The largest absolute Gasteiger partial charge is 0.508 e. The number of fused-ring (bicyclic) bond motifs is 1. The molecule has 1 unspecified atom stereocenters. The molecule has 1 atom stereocenters. The number of aromatic nitrogens is 3. The van der Waals surface area contributed by atoms with Crippen LogP contribution < -0.4 is 10.9 Å². The molecule has 3 aromatic rings. The number of benzene rings is 1. The number of pyridine rings is 1. The highest BCUT2D eigenvalue weighted by molar-refractivity contribution is 5.77. The molecule has 2 heterocycles. The number of aromatic amines is 1. The van der Waals surface area contributed by atoms with Gasteiger partial charge in [-0.05, 0) is 38.5 Å². The van der Waals surface area contributed by atoms with E-state index in [1.807, 2.05) is 31.2 Å². The summed E-state index contributed by atoms with van der Waals surface area (Å²) in [6.45, 7) is 4.06. The first-order valence-electron chi connectivity index (χ1n) is 8.58. The number of para-hydroxylation sites is 2. The van der Waals surface area contributed by atoms with Crippen molar-refractivity contribution in [3.8, 4) is 5.75 Å². The minimum Gasteiger partial charge on any atom is -0.508 e. The van der Waals surface area contributed by atoms with Gasteiger partial charge in [0, 0.05) is 24.7 Å². The third-order valence-electron chi connectivity index (χ3n) is 4.30. The number of imidazole rings is 1. The normalized spacial score (nSPS) is 12.2. The fraction of sp³-hybridized carbons (Fsp3) is 0.316. The number of H-pyrrole nitrogens is 1. The van der Waals surface area contributed by atoms with E-state index in [2.05, 4.69) is 15.3 Å². The first kappa shape index (κ1) is 17.7. The van der Waals surface area contributed by atoms with Gasteiger partial charge in [-0.2, -0.15) is 0 Å². The molecule has 3 N–H and O–H groups in total. The van der Waals surface area contributed by atoms with Crippen LogP contribution in [0.1, 0.15) is 37.3 Å². The molecule has 0 saturated heterocycles. The first-order valence-corrected chi connectivity index (χ1v) is 8.58. The molecule has 0 aliphatic rings. The summed E-state index contributed by atoms with van der Waals surface area (Å²) in [4.78, 5) is 31.7. The second-order valence-electron chi connectivity index (χ2n) is 6.38.